The van der Waals surface area contributed by atoms with Gasteiger partial charge in [0, 0.05) is 10.9 Å². The third kappa shape index (κ3) is 1.94. The van der Waals surface area contributed by atoms with Gasteiger partial charge >= 0.3 is 0 Å². The number of methoxy groups -OCH3 is 1. The molecule has 0 bridgehead atoms. The summed E-state index contributed by atoms with van der Waals surface area (Å²) in [7, 11) is 1.58. The topological polar surface area (TPSA) is 45.9 Å². The van der Waals surface area contributed by atoms with Gasteiger partial charge < -0.3 is 4.74 Å². The van der Waals surface area contributed by atoms with Crippen LogP contribution in [0.1, 0.15) is 19.4 Å². The van der Waals surface area contributed by atoms with Gasteiger partial charge in [0.25, 0.3) is 0 Å². The summed E-state index contributed by atoms with van der Waals surface area (Å²) in [5.41, 5.74) is 1.09. The molecular formula is C14H14N2O. The Bertz CT molecular complexity index is 597. The summed E-state index contributed by atoms with van der Waals surface area (Å²) in [5.74, 6) is 0.523. The second kappa shape index (κ2) is 4.06. The van der Waals surface area contributed by atoms with Crippen LogP contribution in [0.3, 0.4) is 0 Å². The van der Waals surface area contributed by atoms with Gasteiger partial charge in [-0.1, -0.05) is 18.2 Å². The van der Waals surface area contributed by atoms with Crippen LogP contribution >= 0.6 is 0 Å². The van der Waals surface area contributed by atoms with E-state index in [1.54, 1.807) is 7.11 Å². The molecule has 3 heteroatoms. The molecule has 86 valence electrons. The first-order valence-electron chi connectivity index (χ1n) is 5.44. The normalized spacial score (nSPS) is 11.2. The van der Waals surface area contributed by atoms with E-state index in [1.165, 1.54) is 0 Å². The lowest BCUT2D eigenvalue weighted by atomic mass is 9.86. The van der Waals surface area contributed by atoms with Gasteiger partial charge in [-0.2, -0.15) is 5.26 Å². The first-order valence-corrected chi connectivity index (χ1v) is 5.44. The molecule has 0 spiro atoms. The molecular weight excluding hydrogens is 212 g/mol. The van der Waals surface area contributed by atoms with E-state index in [9.17, 15) is 5.26 Å². The minimum atomic E-state index is -0.609. The first kappa shape index (κ1) is 11.4. The summed E-state index contributed by atoms with van der Waals surface area (Å²) in [6.07, 6.45) is 0. The van der Waals surface area contributed by atoms with Crippen LogP contribution < -0.4 is 4.74 Å². The minimum Gasteiger partial charge on any atom is -0.481 e. The van der Waals surface area contributed by atoms with Gasteiger partial charge in [0.15, 0.2) is 0 Å². The molecule has 0 aliphatic heterocycles. The van der Waals surface area contributed by atoms with Crippen LogP contribution in [0.2, 0.25) is 0 Å². The van der Waals surface area contributed by atoms with Crippen LogP contribution in [0.5, 0.6) is 5.88 Å². The van der Waals surface area contributed by atoms with Crippen molar-refractivity contribution in [2.45, 2.75) is 19.3 Å². The smallest absolute Gasteiger partial charge is 0.218 e. The minimum absolute atomic E-state index is 0.523. The maximum absolute atomic E-state index is 9.21. The maximum Gasteiger partial charge on any atom is 0.218 e. The number of fused-ring (bicyclic) bond motifs is 1. The van der Waals surface area contributed by atoms with Crippen LogP contribution in [-0.4, -0.2) is 12.1 Å². The number of pyridine rings is 1. The third-order valence-electron chi connectivity index (χ3n) is 2.84. The van der Waals surface area contributed by atoms with E-state index in [0.29, 0.717) is 5.88 Å². The van der Waals surface area contributed by atoms with Gasteiger partial charge in [0.1, 0.15) is 0 Å². The van der Waals surface area contributed by atoms with Crippen LogP contribution in [-0.2, 0) is 5.41 Å². The van der Waals surface area contributed by atoms with Crippen LogP contribution in [0.25, 0.3) is 10.9 Å². The molecule has 0 N–H and O–H groups in total. The number of rotatable bonds is 2. The predicted octanol–water partition coefficient (Wildman–Crippen LogP) is 3.04. The van der Waals surface area contributed by atoms with Gasteiger partial charge in [-0.3, -0.25) is 0 Å². The number of hydrogen-bond acceptors (Lipinski definition) is 3. The van der Waals surface area contributed by atoms with Crippen LogP contribution in [0.4, 0.5) is 0 Å². The van der Waals surface area contributed by atoms with Gasteiger partial charge in [-0.25, -0.2) is 4.98 Å². The summed E-state index contributed by atoms with van der Waals surface area (Å²) in [6, 6.07) is 12.1. The Hall–Kier alpha value is -2.08. The van der Waals surface area contributed by atoms with E-state index in [0.717, 1.165) is 16.5 Å². The Morgan fingerprint density at radius 2 is 2.00 bits per heavy atom. The molecule has 0 fully saturated rings. The second-order valence-electron chi connectivity index (χ2n) is 4.47. The summed E-state index contributed by atoms with van der Waals surface area (Å²) < 4.78 is 5.28. The average Bonchev–Trinajstić information content (AvgIpc) is 2.37. The Morgan fingerprint density at radius 1 is 1.29 bits per heavy atom. The van der Waals surface area contributed by atoms with Crippen molar-refractivity contribution in [3.63, 3.8) is 0 Å². The Labute approximate surface area is 101 Å². The molecule has 0 aliphatic rings. The lowest BCUT2D eigenvalue weighted by molar-refractivity contribution is 0.387. The molecule has 0 aliphatic carbocycles. The first-order chi connectivity index (χ1) is 8.08. The second-order valence-corrected chi connectivity index (χ2v) is 4.47. The summed E-state index contributed by atoms with van der Waals surface area (Å²) in [4.78, 5) is 4.43. The van der Waals surface area contributed by atoms with Crippen molar-refractivity contribution >= 4 is 10.9 Å². The monoisotopic (exact) mass is 226 g/mol. The molecule has 1 aromatic heterocycles. The van der Waals surface area contributed by atoms with E-state index in [2.05, 4.69) is 11.1 Å². The fourth-order valence-corrected chi connectivity index (χ4v) is 1.76. The molecule has 0 amide bonds. The van der Waals surface area contributed by atoms with Gasteiger partial charge in [0.05, 0.1) is 24.1 Å². The predicted molar refractivity (Wildman–Crippen MR) is 66.9 cm³/mol. The largest absolute Gasteiger partial charge is 0.481 e. The fourth-order valence-electron chi connectivity index (χ4n) is 1.76. The molecule has 2 rings (SSSR count). The Morgan fingerprint density at radius 3 is 2.65 bits per heavy atom. The zero-order valence-corrected chi connectivity index (χ0v) is 10.2. The van der Waals surface area contributed by atoms with E-state index in [4.69, 9.17) is 4.74 Å². The van der Waals surface area contributed by atoms with Gasteiger partial charge in [-0.05, 0) is 26.0 Å². The summed E-state index contributed by atoms with van der Waals surface area (Å²) >= 11 is 0. The van der Waals surface area contributed by atoms with Gasteiger partial charge in [-0.15, -0.1) is 0 Å². The van der Waals surface area contributed by atoms with Crippen LogP contribution in [0.15, 0.2) is 30.3 Å². The average molecular weight is 226 g/mol. The highest BCUT2D eigenvalue weighted by atomic mass is 16.5. The number of para-hydroxylation sites is 1. The van der Waals surface area contributed by atoms with E-state index < -0.39 is 5.41 Å². The fraction of sp³-hybridized carbons (Fsp3) is 0.286. The number of aromatic nitrogens is 1. The van der Waals surface area contributed by atoms with Crippen molar-refractivity contribution in [3.8, 4) is 11.9 Å². The number of ether oxygens (including phenoxy) is 1. The molecule has 1 aromatic carbocycles. The number of hydrogen-bond donors (Lipinski definition) is 0. The molecule has 2 aromatic rings. The zero-order chi connectivity index (χ0) is 12.5. The molecule has 17 heavy (non-hydrogen) atoms. The number of nitrogens with zero attached hydrogens (tertiary/aromatic N) is 2. The van der Waals surface area contributed by atoms with Crippen LogP contribution in [0, 0.1) is 11.3 Å². The maximum atomic E-state index is 9.21. The standard InChI is InChI=1S/C14H14N2O/c1-14(2,9-15)11-8-10-6-4-5-7-12(10)16-13(11)17-3/h4-8H,1-3H3. The number of nitriles is 1. The summed E-state index contributed by atoms with van der Waals surface area (Å²) in [5, 5.41) is 10.2. The van der Waals surface area contributed by atoms with Crippen molar-refractivity contribution in [1.29, 1.82) is 5.26 Å². The highest BCUT2D eigenvalue weighted by molar-refractivity contribution is 5.80. The van der Waals surface area contributed by atoms with Gasteiger partial charge in [0.2, 0.25) is 5.88 Å². The lowest BCUT2D eigenvalue weighted by Gasteiger charge is -2.19. The molecule has 0 atom stereocenters. The van der Waals surface area contributed by atoms with Crippen molar-refractivity contribution < 1.29 is 4.74 Å². The van der Waals surface area contributed by atoms with Crippen molar-refractivity contribution in [3.05, 3.63) is 35.9 Å². The molecule has 0 saturated heterocycles. The van der Waals surface area contributed by atoms with Crippen molar-refractivity contribution in [2.24, 2.45) is 0 Å². The SMILES string of the molecule is COc1nc2ccccc2cc1C(C)(C)C#N. The Balaban J connectivity index is 2.75. The summed E-state index contributed by atoms with van der Waals surface area (Å²) in [6.45, 7) is 3.72. The van der Waals surface area contributed by atoms with E-state index in [1.807, 2.05) is 44.2 Å². The Kier molecular flexibility index (Phi) is 2.72. The van der Waals surface area contributed by atoms with E-state index in [-0.39, 0.29) is 0 Å². The molecule has 1 heterocycles. The molecule has 0 radical (unpaired) electrons. The molecule has 0 saturated carbocycles. The third-order valence-corrected chi connectivity index (χ3v) is 2.84. The zero-order valence-electron chi connectivity index (χ0n) is 10.2. The number of benzene rings is 1. The van der Waals surface area contributed by atoms with E-state index >= 15 is 0 Å². The molecule has 3 nitrogen and oxygen atoms in total. The highest BCUT2D eigenvalue weighted by Crippen LogP contribution is 2.32. The lowest BCUT2D eigenvalue weighted by Crippen LogP contribution is -2.16. The molecule has 0 unspecified atom stereocenters. The highest BCUT2D eigenvalue weighted by Gasteiger charge is 2.25. The van der Waals surface area contributed by atoms with Crippen molar-refractivity contribution in [2.75, 3.05) is 7.11 Å². The van der Waals surface area contributed by atoms with Crippen molar-refractivity contribution in [1.82, 2.24) is 4.98 Å². The quantitative estimate of drug-likeness (QED) is 0.790.